The van der Waals surface area contributed by atoms with Crippen LogP contribution in [0.4, 0.5) is 17.1 Å². The van der Waals surface area contributed by atoms with Crippen LogP contribution in [0.15, 0.2) is 201 Å². The van der Waals surface area contributed by atoms with Crippen LogP contribution < -0.4 is 4.90 Å². The Morgan fingerprint density at radius 1 is 0.339 bits per heavy atom. The lowest BCUT2D eigenvalue weighted by atomic mass is 9.97. The Balaban J connectivity index is 0.992. The Labute approximate surface area is 341 Å². The molecular weight excluding hydrogens is 743 g/mol. The van der Waals surface area contributed by atoms with Crippen molar-refractivity contribution < 1.29 is 13.3 Å². The lowest BCUT2D eigenvalue weighted by molar-refractivity contribution is 0.668. The molecule has 13 aromatic rings. The Hall–Kier alpha value is -7.60. The minimum absolute atomic E-state index is 0.844. The van der Waals surface area contributed by atoms with Crippen LogP contribution in [-0.4, -0.2) is 0 Å². The van der Waals surface area contributed by atoms with E-state index in [-0.39, 0.29) is 0 Å². The smallest absolute Gasteiger partial charge is 0.159 e. The van der Waals surface area contributed by atoms with Crippen molar-refractivity contribution in [3.8, 4) is 22.3 Å². The third-order valence-corrected chi connectivity index (χ3v) is 13.0. The van der Waals surface area contributed by atoms with Crippen LogP contribution >= 0.6 is 11.3 Å². The minimum Gasteiger partial charge on any atom is -0.456 e. The summed E-state index contributed by atoms with van der Waals surface area (Å²) in [6.07, 6.45) is 0. The van der Waals surface area contributed by atoms with Gasteiger partial charge >= 0.3 is 0 Å². The van der Waals surface area contributed by atoms with E-state index in [4.69, 9.17) is 13.3 Å². The molecule has 0 aliphatic carbocycles. The largest absolute Gasteiger partial charge is 0.456 e. The standard InChI is InChI=1S/C54H31NO3S/c1-4-18-45-38(12-1)41-27-24-33(31-48(41)56-45)32-22-25-35(26-23-32)55(44-17-8-16-42-39-13-2-5-19-46(39)57-53(42)44)36-11-7-10-34(30-36)37-15-9-21-49-51(37)52-50(59-49)29-28-43-40-14-3-6-20-47(40)58-54(43)52/h1-31H. The molecule has 0 amide bonds. The summed E-state index contributed by atoms with van der Waals surface area (Å²) in [4.78, 5) is 2.32. The molecule has 276 valence electrons. The lowest BCUT2D eigenvalue weighted by Gasteiger charge is -2.26. The Bertz CT molecular complexity index is 3810. The predicted molar refractivity (Wildman–Crippen MR) is 247 cm³/mol. The summed E-state index contributed by atoms with van der Waals surface area (Å²) < 4.78 is 22.0. The van der Waals surface area contributed by atoms with E-state index in [0.29, 0.717) is 0 Å². The van der Waals surface area contributed by atoms with Gasteiger partial charge in [-0.3, -0.25) is 0 Å². The second kappa shape index (κ2) is 12.4. The molecule has 4 aromatic heterocycles. The van der Waals surface area contributed by atoms with Gasteiger partial charge in [-0.05, 0) is 101 Å². The molecule has 0 radical (unpaired) electrons. The van der Waals surface area contributed by atoms with Gasteiger partial charge in [-0.2, -0.15) is 0 Å². The van der Waals surface area contributed by atoms with Crippen LogP contribution in [-0.2, 0) is 0 Å². The summed E-state index contributed by atoms with van der Waals surface area (Å²) in [5.74, 6) is 0. The molecule has 0 aliphatic rings. The van der Waals surface area contributed by atoms with Crippen molar-refractivity contribution in [3.05, 3.63) is 188 Å². The molecule has 0 fully saturated rings. The molecular formula is C54H31NO3S. The highest BCUT2D eigenvalue weighted by molar-refractivity contribution is 7.26. The number of nitrogens with zero attached hydrogens (tertiary/aromatic N) is 1. The molecule has 4 heterocycles. The normalized spacial score (nSPS) is 12.1. The average Bonchev–Trinajstić information content (AvgIpc) is 4.06. The van der Waals surface area contributed by atoms with Gasteiger partial charge in [0.05, 0.1) is 5.69 Å². The molecule has 0 aliphatic heterocycles. The van der Waals surface area contributed by atoms with Crippen LogP contribution in [0.2, 0.25) is 0 Å². The third-order valence-electron chi connectivity index (χ3n) is 11.9. The van der Waals surface area contributed by atoms with Gasteiger partial charge in [0.2, 0.25) is 0 Å². The van der Waals surface area contributed by atoms with E-state index < -0.39 is 0 Å². The minimum atomic E-state index is 0.844. The summed E-state index contributed by atoms with van der Waals surface area (Å²) in [5.41, 5.74) is 12.9. The molecule has 13 rings (SSSR count). The number of fused-ring (bicyclic) bond motifs is 13. The molecule has 4 nitrogen and oxygen atoms in total. The van der Waals surface area contributed by atoms with Gasteiger partial charge in [0.15, 0.2) is 5.58 Å². The first-order chi connectivity index (χ1) is 29.2. The van der Waals surface area contributed by atoms with E-state index in [9.17, 15) is 0 Å². The summed E-state index contributed by atoms with van der Waals surface area (Å²) in [6.45, 7) is 0. The van der Waals surface area contributed by atoms with Crippen molar-refractivity contribution in [2.24, 2.45) is 0 Å². The van der Waals surface area contributed by atoms with Crippen LogP contribution in [0.1, 0.15) is 0 Å². The maximum atomic E-state index is 6.68. The average molecular weight is 774 g/mol. The third kappa shape index (κ3) is 4.89. The first-order valence-electron chi connectivity index (χ1n) is 19.8. The van der Waals surface area contributed by atoms with Crippen LogP contribution in [0.25, 0.3) is 108 Å². The Morgan fingerprint density at radius 3 is 1.73 bits per heavy atom. The van der Waals surface area contributed by atoms with Gasteiger partial charge in [-0.1, -0.05) is 109 Å². The fraction of sp³-hybridized carbons (Fsp3) is 0. The van der Waals surface area contributed by atoms with E-state index in [2.05, 4.69) is 163 Å². The van der Waals surface area contributed by atoms with Crippen LogP contribution in [0.5, 0.6) is 0 Å². The van der Waals surface area contributed by atoms with Gasteiger partial charge in [0, 0.05) is 63.9 Å². The number of hydrogen-bond donors (Lipinski definition) is 0. The number of hydrogen-bond acceptors (Lipinski definition) is 5. The topological polar surface area (TPSA) is 42.7 Å². The molecule has 0 atom stereocenters. The highest BCUT2D eigenvalue weighted by Crippen LogP contribution is 2.47. The van der Waals surface area contributed by atoms with Crippen LogP contribution in [0.3, 0.4) is 0 Å². The fourth-order valence-corrected chi connectivity index (χ4v) is 10.3. The maximum Gasteiger partial charge on any atom is 0.159 e. The van der Waals surface area contributed by atoms with Crippen LogP contribution in [0, 0.1) is 0 Å². The summed E-state index contributed by atoms with van der Waals surface area (Å²) in [7, 11) is 0. The number of para-hydroxylation sites is 4. The predicted octanol–water partition coefficient (Wildman–Crippen LogP) is 16.6. The van der Waals surface area contributed by atoms with E-state index in [0.717, 1.165) is 99.6 Å². The van der Waals surface area contributed by atoms with E-state index in [1.54, 1.807) is 0 Å². The number of rotatable bonds is 5. The van der Waals surface area contributed by atoms with Gasteiger partial charge < -0.3 is 18.2 Å². The first kappa shape index (κ1) is 32.5. The maximum absolute atomic E-state index is 6.68. The van der Waals surface area contributed by atoms with Gasteiger partial charge in [-0.15, -0.1) is 11.3 Å². The summed E-state index contributed by atoms with van der Waals surface area (Å²) in [6, 6.07) is 66.5. The molecule has 0 N–H and O–H groups in total. The second-order valence-corrected chi connectivity index (χ2v) is 16.3. The molecule has 59 heavy (non-hydrogen) atoms. The SMILES string of the molecule is c1cc(-c2cccc3sc4ccc5c6ccccc6oc5c4c23)cc(N(c2ccc(-c3ccc4c(c3)oc3ccccc34)cc2)c2cccc3c2oc2ccccc23)c1. The van der Waals surface area contributed by atoms with Gasteiger partial charge in [0.25, 0.3) is 0 Å². The highest BCUT2D eigenvalue weighted by Gasteiger charge is 2.22. The number of benzene rings is 9. The van der Waals surface area contributed by atoms with Crippen molar-refractivity contribution >= 4 is 114 Å². The van der Waals surface area contributed by atoms with Gasteiger partial charge in [0.1, 0.15) is 27.9 Å². The summed E-state index contributed by atoms with van der Waals surface area (Å²) in [5, 5.41) is 9.10. The molecule has 0 unspecified atom stereocenters. The molecule has 0 saturated carbocycles. The van der Waals surface area contributed by atoms with Crippen molar-refractivity contribution in [3.63, 3.8) is 0 Å². The Kier molecular flexibility index (Phi) is 6.85. The number of anilines is 3. The van der Waals surface area contributed by atoms with E-state index in [1.165, 1.54) is 25.7 Å². The van der Waals surface area contributed by atoms with E-state index in [1.807, 2.05) is 41.7 Å². The van der Waals surface area contributed by atoms with Crippen molar-refractivity contribution in [1.82, 2.24) is 0 Å². The number of furan rings is 3. The molecule has 0 spiro atoms. The zero-order valence-corrected chi connectivity index (χ0v) is 32.3. The van der Waals surface area contributed by atoms with Crippen molar-refractivity contribution in [2.45, 2.75) is 0 Å². The Morgan fingerprint density at radius 2 is 0.932 bits per heavy atom. The van der Waals surface area contributed by atoms with Gasteiger partial charge in [-0.25, -0.2) is 0 Å². The van der Waals surface area contributed by atoms with Crippen molar-refractivity contribution in [1.29, 1.82) is 0 Å². The van der Waals surface area contributed by atoms with E-state index >= 15 is 0 Å². The lowest BCUT2D eigenvalue weighted by Crippen LogP contribution is -2.10. The molecule has 0 bridgehead atoms. The van der Waals surface area contributed by atoms with Crippen molar-refractivity contribution in [2.75, 3.05) is 4.90 Å². The molecule has 5 heteroatoms. The second-order valence-electron chi connectivity index (χ2n) is 15.2. The zero-order valence-electron chi connectivity index (χ0n) is 31.5. The fourth-order valence-electron chi connectivity index (χ4n) is 9.18. The highest BCUT2D eigenvalue weighted by atomic mass is 32.1. The quantitative estimate of drug-likeness (QED) is 0.175. The zero-order chi connectivity index (χ0) is 38.6. The molecule has 0 saturated heterocycles. The summed E-state index contributed by atoms with van der Waals surface area (Å²) >= 11 is 1.81. The monoisotopic (exact) mass is 773 g/mol. The number of thiophene rings is 1. The first-order valence-corrected chi connectivity index (χ1v) is 20.6. The molecule has 9 aromatic carbocycles.